The van der Waals surface area contributed by atoms with E-state index >= 15 is 0 Å². The number of hydrogen-bond acceptors (Lipinski definition) is 5. The van der Waals surface area contributed by atoms with Gasteiger partial charge < -0.3 is 19.4 Å². The fraction of sp³-hybridized carbons (Fsp3) is 0.235. The number of ether oxygens (including phenoxy) is 1. The monoisotopic (exact) mass is 339 g/mol. The largest absolute Gasteiger partial charge is 0.490 e. The Kier molecular flexibility index (Phi) is 3.73. The first-order chi connectivity index (χ1) is 12.1. The maximum Gasteiger partial charge on any atom is 0.275 e. The van der Waals surface area contributed by atoms with Gasteiger partial charge in [0.1, 0.15) is 24.8 Å². The van der Waals surface area contributed by atoms with Crippen LogP contribution in [-0.2, 0) is 6.54 Å². The summed E-state index contributed by atoms with van der Waals surface area (Å²) in [6.07, 6.45) is 2.40. The van der Waals surface area contributed by atoms with Gasteiger partial charge in [-0.05, 0) is 25.1 Å². The van der Waals surface area contributed by atoms with E-state index in [1.54, 1.807) is 11.5 Å². The molecule has 0 spiro atoms. The van der Waals surface area contributed by atoms with Crippen LogP contribution in [0.15, 0.2) is 47.7 Å². The number of aliphatic hydroxyl groups excluding tert-OH is 1. The SMILES string of the molecule is Cc1cc(=O)n2ncnc2n1CC(O)COc1cccc2[nH]ccc12. The summed E-state index contributed by atoms with van der Waals surface area (Å²) in [7, 11) is 0. The molecule has 8 nitrogen and oxygen atoms in total. The first-order valence-corrected chi connectivity index (χ1v) is 7.90. The highest BCUT2D eigenvalue weighted by atomic mass is 16.5. The van der Waals surface area contributed by atoms with Crippen LogP contribution in [0.3, 0.4) is 0 Å². The maximum atomic E-state index is 11.9. The summed E-state index contributed by atoms with van der Waals surface area (Å²) >= 11 is 0. The molecule has 8 heteroatoms. The summed E-state index contributed by atoms with van der Waals surface area (Å²) in [5.41, 5.74) is 1.44. The van der Waals surface area contributed by atoms with Crippen molar-refractivity contribution in [3.63, 3.8) is 0 Å². The highest BCUT2D eigenvalue weighted by Crippen LogP contribution is 2.24. The molecule has 1 aromatic carbocycles. The van der Waals surface area contributed by atoms with Gasteiger partial charge in [0.15, 0.2) is 0 Å². The van der Waals surface area contributed by atoms with E-state index in [1.807, 2.05) is 30.5 Å². The number of H-pyrrole nitrogens is 1. The number of aromatic amines is 1. The van der Waals surface area contributed by atoms with E-state index in [9.17, 15) is 9.90 Å². The molecule has 3 heterocycles. The van der Waals surface area contributed by atoms with Crippen LogP contribution < -0.4 is 10.3 Å². The molecule has 3 aromatic heterocycles. The van der Waals surface area contributed by atoms with Crippen LogP contribution >= 0.6 is 0 Å². The molecule has 0 aliphatic rings. The number of aryl methyl sites for hydroxylation is 1. The summed E-state index contributed by atoms with van der Waals surface area (Å²) in [6.45, 7) is 2.16. The molecule has 0 bridgehead atoms. The zero-order valence-electron chi connectivity index (χ0n) is 13.6. The molecular formula is C17H17N5O3. The summed E-state index contributed by atoms with van der Waals surface area (Å²) in [5, 5.41) is 15.3. The van der Waals surface area contributed by atoms with E-state index < -0.39 is 6.10 Å². The minimum atomic E-state index is -0.768. The van der Waals surface area contributed by atoms with Crippen molar-refractivity contribution >= 4 is 16.7 Å². The molecule has 0 fully saturated rings. The van der Waals surface area contributed by atoms with Crippen molar-refractivity contribution in [3.8, 4) is 5.75 Å². The van der Waals surface area contributed by atoms with Gasteiger partial charge in [0, 0.05) is 28.9 Å². The van der Waals surface area contributed by atoms with E-state index in [1.165, 1.54) is 16.9 Å². The second-order valence-corrected chi connectivity index (χ2v) is 5.87. The maximum absolute atomic E-state index is 11.9. The van der Waals surface area contributed by atoms with Crippen molar-refractivity contribution in [3.05, 3.63) is 58.9 Å². The lowest BCUT2D eigenvalue weighted by atomic mass is 10.2. The standard InChI is InChI=1S/C17H17N5O3/c1-11-7-16(24)22-17(19-10-20-22)21(11)8-12(23)9-25-15-4-2-3-14-13(15)5-6-18-14/h2-7,10,12,18,23H,8-9H2,1H3. The highest BCUT2D eigenvalue weighted by molar-refractivity contribution is 5.85. The van der Waals surface area contributed by atoms with Crippen molar-refractivity contribution in [2.75, 3.05) is 6.61 Å². The van der Waals surface area contributed by atoms with Gasteiger partial charge in [-0.2, -0.15) is 14.6 Å². The summed E-state index contributed by atoms with van der Waals surface area (Å²) in [5.74, 6) is 1.11. The minimum Gasteiger partial charge on any atom is -0.490 e. The van der Waals surface area contributed by atoms with E-state index in [0.717, 1.165) is 10.9 Å². The molecule has 128 valence electrons. The molecule has 4 aromatic rings. The molecule has 0 amide bonds. The van der Waals surface area contributed by atoms with Crippen LogP contribution in [-0.4, -0.2) is 42.0 Å². The van der Waals surface area contributed by atoms with Crippen molar-refractivity contribution in [2.45, 2.75) is 19.6 Å². The van der Waals surface area contributed by atoms with Crippen LogP contribution in [0.5, 0.6) is 5.75 Å². The average molecular weight is 339 g/mol. The molecule has 25 heavy (non-hydrogen) atoms. The normalized spacial score (nSPS) is 12.7. The van der Waals surface area contributed by atoms with E-state index in [-0.39, 0.29) is 18.7 Å². The number of benzene rings is 1. The van der Waals surface area contributed by atoms with Gasteiger partial charge in [-0.3, -0.25) is 4.79 Å². The van der Waals surface area contributed by atoms with E-state index in [0.29, 0.717) is 17.2 Å². The molecule has 1 atom stereocenters. The zero-order valence-corrected chi connectivity index (χ0v) is 13.6. The van der Waals surface area contributed by atoms with E-state index in [2.05, 4.69) is 15.1 Å². The number of nitrogens with zero attached hydrogens (tertiary/aromatic N) is 4. The summed E-state index contributed by atoms with van der Waals surface area (Å²) in [6, 6.07) is 9.12. The Morgan fingerprint density at radius 2 is 2.24 bits per heavy atom. The van der Waals surface area contributed by atoms with E-state index in [4.69, 9.17) is 4.74 Å². The lowest BCUT2D eigenvalue weighted by Gasteiger charge is -2.17. The molecule has 0 aliphatic carbocycles. The Labute approximate surface area is 142 Å². The third-order valence-corrected chi connectivity index (χ3v) is 4.12. The molecule has 2 N–H and O–H groups in total. The smallest absolute Gasteiger partial charge is 0.275 e. The molecule has 4 rings (SSSR count). The predicted molar refractivity (Wildman–Crippen MR) is 91.8 cm³/mol. The number of hydrogen-bond donors (Lipinski definition) is 2. The number of nitrogens with one attached hydrogen (secondary N) is 1. The number of rotatable bonds is 5. The van der Waals surface area contributed by atoms with Crippen LogP contribution in [0.1, 0.15) is 5.69 Å². The second kappa shape index (κ2) is 6.06. The topological polar surface area (TPSA) is 97.4 Å². The Hall–Kier alpha value is -3.13. The van der Waals surface area contributed by atoms with Gasteiger partial charge in [0.2, 0.25) is 5.78 Å². The molecule has 1 unspecified atom stereocenters. The molecule has 0 saturated carbocycles. The minimum absolute atomic E-state index is 0.121. The number of aromatic nitrogens is 5. The zero-order chi connectivity index (χ0) is 17.4. The third-order valence-electron chi connectivity index (χ3n) is 4.12. The van der Waals surface area contributed by atoms with Crippen LogP contribution in [0, 0.1) is 6.92 Å². The van der Waals surface area contributed by atoms with Crippen LogP contribution in [0.4, 0.5) is 0 Å². The average Bonchev–Trinajstić information content (AvgIpc) is 3.25. The molecule has 0 saturated heterocycles. The van der Waals surface area contributed by atoms with Crippen LogP contribution in [0.2, 0.25) is 0 Å². The lowest BCUT2D eigenvalue weighted by molar-refractivity contribution is 0.0932. The quantitative estimate of drug-likeness (QED) is 0.568. The van der Waals surface area contributed by atoms with Crippen molar-refractivity contribution in [1.82, 2.24) is 24.1 Å². The first kappa shape index (κ1) is 15.4. The molecular weight excluding hydrogens is 322 g/mol. The Morgan fingerprint density at radius 3 is 3.12 bits per heavy atom. The fourth-order valence-electron chi connectivity index (χ4n) is 2.91. The third kappa shape index (κ3) is 2.76. The lowest BCUT2D eigenvalue weighted by Crippen LogP contribution is -2.28. The Morgan fingerprint density at radius 1 is 1.36 bits per heavy atom. The number of fused-ring (bicyclic) bond motifs is 2. The van der Waals surface area contributed by atoms with Gasteiger partial charge in [-0.1, -0.05) is 6.07 Å². The first-order valence-electron chi connectivity index (χ1n) is 7.90. The van der Waals surface area contributed by atoms with Gasteiger partial charge in [-0.15, -0.1) is 0 Å². The molecule has 0 radical (unpaired) electrons. The Bertz CT molecular complexity index is 1090. The number of aliphatic hydroxyl groups is 1. The van der Waals surface area contributed by atoms with Crippen molar-refractivity contribution < 1.29 is 9.84 Å². The predicted octanol–water partition coefficient (Wildman–Crippen LogP) is 1.12. The second-order valence-electron chi connectivity index (χ2n) is 5.87. The fourth-order valence-corrected chi connectivity index (χ4v) is 2.91. The van der Waals surface area contributed by atoms with Crippen molar-refractivity contribution in [2.24, 2.45) is 0 Å². The van der Waals surface area contributed by atoms with Crippen molar-refractivity contribution in [1.29, 1.82) is 0 Å². The highest BCUT2D eigenvalue weighted by Gasteiger charge is 2.14. The van der Waals surface area contributed by atoms with Crippen LogP contribution in [0.25, 0.3) is 16.7 Å². The van der Waals surface area contributed by atoms with Gasteiger partial charge in [0.25, 0.3) is 5.56 Å². The molecule has 0 aliphatic heterocycles. The van der Waals surface area contributed by atoms with Gasteiger partial charge in [0.05, 0.1) is 6.54 Å². The van der Waals surface area contributed by atoms with Gasteiger partial charge >= 0.3 is 0 Å². The Balaban J connectivity index is 1.53. The van der Waals surface area contributed by atoms with Gasteiger partial charge in [-0.25, -0.2) is 0 Å². The summed E-state index contributed by atoms with van der Waals surface area (Å²) < 4.78 is 8.74. The summed E-state index contributed by atoms with van der Waals surface area (Å²) in [4.78, 5) is 19.1.